The van der Waals surface area contributed by atoms with Gasteiger partial charge >= 0.3 is 0 Å². The summed E-state index contributed by atoms with van der Waals surface area (Å²) in [6, 6.07) is 56.3. The third kappa shape index (κ3) is 4.51. The third-order valence-electron chi connectivity index (χ3n) is 11.1. The molecule has 0 bridgehead atoms. The van der Waals surface area contributed by atoms with Crippen molar-refractivity contribution in [3.8, 4) is 51.0 Å². The van der Waals surface area contributed by atoms with Gasteiger partial charge in [-0.25, -0.2) is 4.98 Å². The number of hydrogen-bond donors (Lipinski definition) is 0. The monoisotopic (exact) mass is 696 g/mol. The van der Waals surface area contributed by atoms with E-state index in [-0.39, 0.29) is 5.41 Å². The normalized spacial score (nSPS) is 13.2. The fourth-order valence-corrected chi connectivity index (χ4v) is 9.65. The molecule has 0 atom stereocenters. The van der Waals surface area contributed by atoms with Gasteiger partial charge in [0.2, 0.25) is 5.95 Å². The van der Waals surface area contributed by atoms with E-state index in [1.54, 1.807) is 11.3 Å². The fraction of sp³-hybridized carbons (Fsp3) is 0.0625. The molecule has 7 aromatic carbocycles. The van der Waals surface area contributed by atoms with Gasteiger partial charge in [-0.3, -0.25) is 4.57 Å². The zero-order valence-electron chi connectivity index (χ0n) is 29.2. The zero-order chi connectivity index (χ0) is 35.3. The molecule has 53 heavy (non-hydrogen) atoms. The number of fused-ring (bicyclic) bond motifs is 9. The van der Waals surface area contributed by atoms with Crippen LogP contribution in [-0.4, -0.2) is 19.5 Å². The zero-order valence-corrected chi connectivity index (χ0v) is 30.0. The molecule has 3 aromatic heterocycles. The van der Waals surface area contributed by atoms with Crippen LogP contribution in [0.2, 0.25) is 0 Å². The fourth-order valence-electron chi connectivity index (χ4n) is 8.52. The van der Waals surface area contributed by atoms with Crippen molar-refractivity contribution < 1.29 is 0 Å². The molecule has 0 aliphatic heterocycles. The predicted molar refractivity (Wildman–Crippen MR) is 221 cm³/mol. The van der Waals surface area contributed by atoms with E-state index in [2.05, 4.69) is 170 Å². The Morgan fingerprint density at radius 2 is 1.13 bits per heavy atom. The van der Waals surface area contributed by atoms with E-state index in [1.807, 2.05) is 6.07 Å². The molecule has 0 saturated carbocycles. The third-order valence-corrected chi connectivity index (χ3v) is 12.2. The summed E-state index contributed by atoms with van der Waals surface area (Å²) in [4.78, 5) is 16.0. The first kappa shape index (κ1) is 30.2. The first-order valence-electron chi connectivity index (χ1n) is 18.0. The number of nitrogens with zero attached hydrogens (tertiary/aromatic N) is 4. The second-order valence-electron chi connectivity index (χ2n) is 14.4. The summed E-state index contributed by atoms with van der Waals surface area (Å²) < 4.78 is 4.71. The van der Waals surface area contributed by atoms with Crippen LogP contribution in [0.25, 0.3) is 93.0 Å². The summed E-state index contributed by atoms with van der Waals surface area (Å²) in [6.45, 7) is 4.68. The Morgan fingerprint density at radius 1 is 0.453 bits per heavy atom. The molecule has 1 aliphatic rings. The molecular weight excluding hydrogens is 665 g/mol. The van der Waals surface area contributed by atoms with Gasteiger partial charge in [0.05, 0.1) is 11.0 Å². The van der Waals surface area contributed by atoms with Gasteiger partial charge < -0.3 is 0 Å². The molecule has 4 nitrogen and oxygen atoms in total. The first-order chi connectivity index (χ1) is 26.0. The van der Waals surface area contributed by atoms with Crippen molar-refractivity contribution in [2.24, 2.45) is 0 Å². The Labute approximate surface area is 310 Å². The number of rotatable bonds is 4. The van der Waals surface area contributed by atoms with Crippen molar-refractivity contribution in [3.05, 3.63) is 169 Å². The Morgan fingerprint density at radius 3 is 2.04 bits per heavy atom. The number of aromatic nitrogens is 4. The molecule has 1 aliphatic carbocycles. The summed E-state index contributed by atoms with van der Waals surface area (Å²) in [5.74, 6) is 1.89. The van der Waals surface area contributed by atoms with Crippen LogP contribution in [0, 0.1) is 0 Å². The van der Waals surface area contributed by atoms with Gasteiger partial charge in [-0.15, -0.1) is 11.3 Å². The van der Waals surface area contributed by atoms with Gasteiger partial charge in [-0.05, 0) is 69.8 Å². The van der Waals surface area contributed by atoms with E-state index in [1.165, 1.54) is 53.2 Å². The van der Waals surface area contributed by atoms with Gasteiger partial charge in [-0.1, -0.05) is 135 Å². The molecule has 0 N–H and O–H groups in total. The van der Waals surface area contributed by atoms with Crippen molar-refractivity contribution in [2.75, 3.05) is 0 Å². The summed E-state index contributed by atoms with van der Waals surface area (Å²) in [6.07, 6.45) is 0. The van der Waals surface area contributed by atoms with Crippen LogP contribution in [0.4, 0.5) is 0 Å². The standard InChI is InChI=1S/C48H32N4S/c1-48(2)38-22-9-6-18-32(38)36-28-41-37(27-39(36)48)33-19-7-10-23-40(33)52(41)47-50-45(31-17-12-16-30(26-31)29-14-4-3-5-15-29)49-46(51-47)35-21-13-25-43-44(35)34-20-8-11-24-42(34)53-43/h3-28H,1-2H3. The lowest BCUT2D eigenvalue weighted by Gasteiger charge is -2.21. The van der Waals surface area contributed by atoms with Crippen LogP contribution in [0.15, 0.2) is 158 Å². The number of thiophene rings is 1. The first-order valence-corrected chi connectivity index (χ1v) is 18.9. The maximum atomic E-state index is 5.40. The molecule has 3 heterocycles. The highest BCUT2D eigenvalue weighted by atomic mass is 32.1. The van der Waals surface area contributed by atoms with Crippen LogP contribution >= 0.6 is 11.3 Å². The van der Waals surface area contributed by atoms with Crippen molar-refractivity contribution in [2.45, 2.75) is 19.3 Å². The topological polar surface area (TPSA) is 43.6 Å². The molecule has 0 unspecified atom stereocenters. The van der Waals surface area contributed by atoms with Crippen LogP contribution in [-0.2, 0) is 5.41 Å². The highest BCUT2D eigenvalue weighted by Crippen LogP contribution is 2.51. The van der Waals surface area contributed by atoms with Crippen molar-refractivity contribution >= 4 is 53.3 Å². The van der Waals surface area contributed by atoms with Crippen LogP contribution in [0.1, 0.15) is 25.0 Å². The molecule has 250 valence electrons. The van der Waals surface area contributed by atoms with Crippen LogP contribution in [0.5, 0.6) is 0 Å². The molecular formula is C48H32N4S. The Balaban J connectivity index is 1.22. The molecule has 5 heteroatoms. The minimum atomic E-state index is -0.109. The lowest BCUT2D eigenvalue weighted by Crippen LogP contribution is -2.14. The molecule has 0 spiro atoms. The Bertz CT molecular complexity index is 3100. The summed E-state index contributed by atoms with van der Waals surface area (Å²) in [7, 11) is 0. The number of benzene rings is 7. The van der Waals surface area contributed by atoms with Crippen molar-refractivity contribution in [1.82, 2.24) is 19.5 Å². The van der Waals surface area contributed by atoms with E-state index in [4.69, 9.17) is 15.0 Å². The molecule has 0 saturated heterocycles. The van der Waals surface area contributed by atoms with E-state index in [9.17, 15) is 0 Å². The molecule has 0 amide bonds. The van der Waals surface area contributed by atoms with E-state index in [0.717, 1.165) is 33.3 Å². The number of para-hydroxylation sites is 1. The molecule has 11 rings (SSSR count). The van der Waals surface area contributed by atoms with Crippen LogP contribution in [0.3, 0.4) is 0 Å². The minimum absolute atomic E-state index is 0.109. The average molecular weight is 697 g/mol. The lowest BCUT2D eigenvalue weighted by atomic mass is 9.82. The maximum Gasteiger partial charge on any atom is 0.238 e. The second kappa shape index (κ2) is 11.3. The summed E-state index contributed by atoms with van der Waals surface area (Å²) in [5, 5.41) is 4.76. The van der Waals surface area contributed by atoms with Crippen LogP contribution < -0.4 is 0 Å². The highest BCUT2D eigenvalue weighted by Gasteiger charge is 2.36. The smallest absolute Gasteiger partial charge is 0.238 e. The predicted octanol–water partition coefficient (Wildman–Crippen LogP) is 12.6. The van der Waals surface area contributed by atoms with E-state index >= 15 is 0 Å². The van der Waals surface area contributed by atoms with Gasteiger partial charge in [-0.2, -0.15) is 9.97 Å². The largest absolute Gasteiger partial charge is 0.278 e. The Kier molecular flexibility index (Phi) is 6.43. The average Bonchev–Trinajstić information content (AvgIpc) is 3.83. The summed E-state index contributed by atoms with van der Waals surface area (Å²) >= 11 is 1.81. The van der Waals surface area contributed by atoms with Gasteiger partial charge in [0, 0.05) is 47.5 Å². The van der Waals surface area contributed by atoms with Crippen molar-refractivity contribution in [1.29, 1.82) is 0 Å². The molecule has 10 aromatic rings. The maximum absolute atomic E-state index is 5.40. The molecule has 0 fully saturated rings. The Hall–Kier alpha value is -6.43. The quantitative estimate of drug-likeness (QED) is 0.184. The summed E-state index contributed by atoms with van der Waals surface area (Å²) in [5.41, 5.74) is 11.5. The second-order valence-corrected chi connectivity index (χ2v) is 15.5. The van der Waals surface area contributed by atoms with Gasteiger partial charge in [0.1, 0.15) is 0 Å². The number of hydrogen-bond acceptors (Lipinski definition) is 4. The SMILES string of the molecule is CC1(C)c2ccccc2-c2cc3c(cc21)c1ccccc1n3-c1nc(-c2cccc(-c3ccccc3)c2)nc(-c2cccc3sc4ccccc4c23)n1. The lowest BCUT2D eigenvalue weighted by molar-refractivity contribution is 0.661. The van der Waals surface area contributed by atoms with E-state index < -0.39 is 0 Å². The van der Waals surface area contributed by atoms with Crippen molar-refractivity contribution in [3.63, 3.8) is 0 Å². The van der Waals surface area contributed by atoms with E-state index in [0.29, 0.717) is 17.6 Å². The van der Waals surface area contributed by atoms with Gasteiger partial charge in [0.15, 0.2) is 11.6 Å². The molecule has 0 radical (unpaired) electrons. The highest BCUT2D eigenvalue weighted by molar-refractivity contribution is 7.25. The van der Waals surface area contributed by atoms with Gasteiger partial charge in [0.25, 0.3) is 0 Å². The minimum Gasteiger partial charge on any atom is -0.278 e.